The van der Waals surface area contributed by atoms with Gasteiger partial charge in [-0.1, -0.05) is 46.3 Å². The van der Waals surface area contributed by atoms with Crippen molar-refractivity contribution in [3.8, 4) is 5.75 Å². The Balaban J connectivity index is 0.000000930. The Morgan fingerprint density at radius 3 is 2.60 bits per heavy atom. The van der Waals surface area contributed by atoms with Crippen LogP contribution in [0, 0.1) is 18.3 Å². The molecule has 1 saturated carbocycles. The van der Waals surface area contributed by atoms with E-state index in [-0.39, 0.29) is 35.3 Å². The number of anilines is 1. The highest BCUT2D eigenvalue weighted by Gasteiger charge is 2.31. The molecule has 3 atom stereocenters. The number of nitrogens with zero attached hydrogens (tertiary/aromatic N) is 4. The van der Waals surface area contributed by atoms with Crippen molar-refractivity contribution in [3.05, 3.63) is 60.4 Å². The van der Waals surface area contributed by atoms with E-state index < -0.39 is 0 Å². The topological polar surface area (TPSA) is 118 Å². The molecule has 2 aliphatic rings. The summed E-state index contributed by atoms with van der Waals surface area (Å²) in [6.07, 6.45) is 11.5. The molecule has 10 heteroatoms. The Morgan fingerprint density at radius 2 is 1.89 bits per heavy atom. The van der Waals surface area contributed by atoms with Crippen LogP contribution in [-0.4, -0.2) is 63.4 Å². The Labute approximate surface area is 279 Å². The van der Waals surface area contributed by atoms with Gasteiger partial charge in [0.15, 0.2) is 0 Å². The zero-order chi connectivity index (χ0) is 34.1. The summed E-state index contributed by atoms with van der Waals surface area (Å²) < 4.78 is 9.02. The van der Waals surface area contributed by atoms with Gasteiger partial charge in [0.25, 0.3) is 5.91 Å². The molecular formula is C37H52N6O4. The predicted molar refractivity (Wildman–Crippen MR) is 187 cm³/mol. The summed E-state index contributed by atoms with van der Waals surface area (Å²) in [7, 11) is 1.60. The van der Waals surface area contributed by atoms with E-state index in [0.29, 0.717) is 30.5 Å². The van der Waals surface area contributed by atoms with Crippen molar-refractivity contribution >= 4 is 34.7 Å². The number of nitrogens with one attached hydrogen (secondary N) is 2. The largest absolute Gasteiger partial charge is 0.488 e. The maximum absolute atomic E-state index is 13.4. The summed E-state index contributed by atoms with van der Waals surface area (Å²) in [6, 6.07) is 9.36. The molecule has 10 nitrogen and oxygen atoms in total. The number of rotatable bonds is 6. The third-order valence-corrected chi connectivity index (χ3v) is 9.20. The minimum atomic E-state index is -0.247. The molecule has 2 fully saturated rings. The number of ether oxygens (including phenoxy) is 1. The molecule has 1 aromatic carbocycles. The second-order valence-corrected chi connectivity index (χ2v) is 13.9. The lowest BCUT2D eigenvalue weighted by molar-refractivity contribution is -0.126. The van der Waals surface area contributed by atoms with Crippen LogP contribution in [-0.2, 0) is 9.59 Å². The predicted octanol–water partition coefficient (Wildman–Crippen LogP) is 6.86. The first-order chi connectivity index (χ1) is 22.4. The molecule has 0 radical (unpaired) electrons. The van der Waals surface area contributed by atoms with Gasteiger partial charge in [0.1, 0.15) is 11.3 Å². The lowest BCUT2D eigenvalue weighted by Gasteiger charge is -2.34. The van der Waals surface area contributed by atoms with E-state index in [2.05, 4.69) is 47.5 Å². The number of aryl methyl sites for hydroxylation is 1. The van der Waals surface area contributed by atoms with Gasteiger partial charge >= 0.3 is 0 Å². The van der Waals surface area contributed by atoms with Gasteiger partial charge in [0, 0.05) is 44.5 Å². The molecule has 3 aromatic rings. The van der Waals surface area contributed by atoms with Gasteiger partial charge in [-0.05, 0) is 87.1 Å². The molecule has 3 amide bonds. The van der Waals surface area contributed by atoms with Gasteiger partial charge in [0.05, 0.1) is 17.7 Å². The molecule has 2 N–H and O–H groups in total. The number of hydrogen-bond donors (Lipinski definition) is 2. The number of hydrogen-bond acceptors (Lipinski definition) is 6. The van der Waals surface area contributed by atoms with Gasteiger partial charge in [-0.15, -0.1) is 0 Å². The number of para-hydroxylation sites is 1. The number of imidazole rings is 1. The van der Waals surface area contributed by atoms with Crippen LogP contribution in [0.4, 0.5) is 5.95 Å². The van der Waals surface area contributed by atoms with Crippen molar-refractivity contribution in [2.75, 3.05) is 25.5 Å². The zero-order valence-electron chi connectivity index (χ0n) is 29.0. The second kappa shape index (κ2) is 16.1. The van der Waals surface area contributed by atoms with Crippen molar-refractivity contribution in [1.82, 2.24) is 24.8 Å². The molecule has 1 aliphatic heterocycles. The molecular weight excluding hydrogens is 592 g/mol. The van der Waals surface area contributed by atoms with Crippen LogP contribution in [0.5, 0.6) is 5.75 Å². The third-order valence-electron chi connectivity index (χ3n) is 9.20. The average Bonchev–Trinajstić information content (AvgIpc) is 3.21. The number of likely N-dealkylation sites (tertiary alicyclic amines) is 1. The number of amides is 3. The van der Waals surface area contributed by atoms with E-state index in [1.807, 2.05) is 30.0 Å². The zero-order valence-corrected chi connectivity index (χ0v) is 29.0. The van der Waals surface area contributed by atoms with E-state index in [0.717, 1.165) is 54.6 Å². The number of aromatic nitrogens is 3. The first-order valence-corrected chi connectivity index (χ1v) is 16.9. The van der Waals surface area contributed by atoms with Crippen LogP contribution < -0.4 is 15.4 Å². The highest BCUT2D eigenvalue weighted by molar-refractivity contribution is 6.04. The summed E-state index contributed by atoms with van der Waals surface area (Å²) in [5.41, 5.74) is 3.12. The summed E-state index contributed by atoms with van der Waals surface area (Å²) in [4.78, 5) is 46.9. The molecule has 1 saturated heterocycles. The van der Waals surface area contributed by atoms with Crippen LogP contribution in [0.1, 0.15) is 101 Å². The number of benzene rings is 1. The average molecular weight is 645 g/mol. The maximum atomic E-state index is 13.4. The van der Waals surface area contributed by atoms with Crippen LogP contribution in [0.15, 0.2) is 49.2 Å². The van der Waals surface area contributed by atoms with E-state index in [4.69, 9.17) is 9.72 Å². The number of fused-ring (bicyclic) bond motifs is 1. The van der Waals surface area contributed by atoms with Crippen molar-refractivity contribution in [2.45, 2.75) is 98.1 Å². The van der Waals surface area contributed by atoms with Gasteiger partial charge in [0.2, 0.25) is 17.8 Å². The summed E-state index contributed by atoms with van der Waals surface area (Å²) >= 11 is 0. The van der Waals surface area contributed by atoms with E-state index in [9.17, 15) is 14.4 Å². The molecule has 47 heavy (non-hydrogen) atoms. The lowest BCUT2D eigenvalue weighted by Crippen LogP contribution is -2.34. The number of pyridine rings is 1. The molecule has 5 rings (SSSR count). The fourth-order valence-electron chi connectivity index (χ4n) is 6.74. The fourth-order valence-corrected chi connectivity index (χ4v) is 6.74. The molecule has 3 unspecified atom stereocenters. The van der Waals surface area contributed by atoms with Crippen LogP contribution in [0.3, 0.4) is 0 Å². The first kappa shape index (κ1) is 35.6. The second-order valence-electron chi connectivity index (χ2n) is 13.9. The minimum Gasteiger partial charge on any atom is -0.488 e. The van der Waals surface area contributed by atoms with Crippen molar-refractivity contribution in [3.63, 3.8) is 0 Å². The fraction of sp³-hybridized carbons (Fsp3) is 0.541. The summed E-state index contributed by atoms with van der Waals surface area (Å²) in [6.45, 7) is 15.3. The van der Waals surface area contributed by atoms with Crippen LogP contribution >= 0.6 is 0 Å². The Morgan fingerprint density at radius 1 is 1.13 bits per heavy atom. The molecule has 0 bridgehead atoms. The smallest absolute Gasteiger partial charge is 0.258 e. The molecule has 3 heterocycles. The number of carbonyl (C=O) groups is 3. The number of carbonyl (C=O) groups excluding carboxylic acids is 3. The van der Waals surface area contributed by atoms with Gasteiger partial charge in [-0.2, -0.15) is 0 Å². The van der Waals surface area contributed by atoms with Crippen LogP contribution in [0.25, 0.3) is 11.0 Å². The highest BCUT2D eigenvalue weighted by Crippen LogP contribution is 2.40. The molecule has 2 aromatic heterocycles. The van der Waals surface area contributed by atoms with Crippen molar-refractivity contribution in [1.29, 1.82) is 0 Å². The van der Waals surface area contributed by atoms with Gasteiger partial charge in [-0.25, -0.2) is 4.98 Å². The maximum Gasteiger partial charge on any atom is 0.258 e. The van der Waals surface area contributed by atoms with Gasteiger partial charge in [-0.3, -0.25) is 24.7 Å². The van der Waals surface area contributed by atoms with Crippen LogP contribution in [0.2, 0.25) is 0 Å². The van der Waals surface area contributed by atoms with Crippen molar-refractivity contribution < 1.29 is 19.1 Å². The highest BCUT2D eigenvalue weighted by atomic mass is 16.5. The first-order valence-electron chi connectivity index (χ1n) is 16.9. The normalized spacial score (nSPS) is 21.2. The standard InChI is InChI=1S/C34H45N5O3.C3H7NO/c1-6-30(40)38-18-8-7-12-26(22-38)39-31-28(36-33(39)37-32(41)25-15-17-35-24(3)20-25)13-9-14-29(31)42-27-19-23(2)11-10-16-34(4,5)21-27;1-3(5)4-2/h6,9,13-15,17,20,23,26-27H,1,7-8,10-12,16,18-19,21-22H2,2-5H3,(H,36,37,41);1-2H3,(H,4,5). The minimum absolute atomic E-state index is 0.00463. The molecule has 254 valence electrons. The van der Waals surface area contributed by atoms with E-state index in [1.165, 1.54) is 32.3 Å². The summed E-state index contributed by atoms with van der Waals surface area (Å²) in [5, 5.41) is 5.48. The molecule has 1 aliphatic carbocycles. The Hall–Kier alpha value is -4.21. The SMILES string of the molecule is C=CC(=O)N1CCCCC(n2c(NC(=O)c3ccnc(C)c3)nc3cccc(OC4CC(C)CCCC(C)(C)C4)c32)C1.CNC(C)=O. The van der Waals surface area contributed by atoms with E-state index in [1.54, 1.807) is 25.4 Å². The van der Waals surface area contributed by atoms with E-state index >= 15 is 0 Å². The Bertz CT molecular complexity index is 1560. The van der Waals surface area contributed by atoms with Gasteiger partial charge < -0.3 is 19.5 Å². The Kier molecular flexibility index (Phi) is 12.2. The molecule has 0 spiro atoms. The van der Waals surface area contributed by atoms with Crippen molar-refractivity contribution in [2.24, 2.45) is 11.3 Å². The quantitative estimate of drug-likeness (QED) is 0.283. The summed E-state index contributed by atoms with van der Waals surface area (Å²) in [5.74, 6) is 1.51. The lowest BCUT2D eigenvalue weighted by atomic mass is 9.76. The third kappa shape index (κ3) is 9.65. The monoisotopic (exact) mass is 644 g/mol.